The number of hydrogen-bond donors (Lipinski definition) is 6. The molecular formula is C16H24N2O7. The second-order valence-electron chi connectivity index (χ2n) is 5.27. The van der Waals surface area contributed by atoms with Crippen molar-refractivity contribution >= 4 is 17.9 Å². The van der Waals surface area contributed by atoms with Crippen LogP contribution in [0.1, 0.15) is 18.9 Å². The molecule has 3 atom stereocenters. The Kier molecular flexibility index (Phi) is 10.8. The number of carboxylic acid groups (broad SMARTS) is 3. The molecule has 0 spiro atoms. The zero-order valence-corrected chi connectivity index (χ0v) is 13.8. The van der Waals surface area contributed by atoms with Crippen LogP contribution in [0, 0.1) is 0 Å². The molecule has 140 valence electrons. The van der Waals surface area contributed by atoms with Crippen molar-refractivity contribution in [2.24, 2.45) is 5.73 Å². The highest BCUT2D eigenvalue weighted by Crippen LogP contribution is 2.06. The molecule has 0 aliphatic heterocycles. The maximum absolute atomic E-state index is 11.0. The highest BCUT2D eigenvalue weighted by molar-refractivity contribution is 5.77. The maximum Gasteiger partial charge on any atom is 0.322 e. The largest absolute Gasteiger partial charge is 0.480 e. The second kappa shape index (κ2) is 12.0. The Labute approximate surface area is 145 Å². The quantitative estimate of drug-likeness (QED) is 0.342. The van der Waals surface area contributed by atoms with Gasteiger partial charge in [0.1, 0.15) is 18.1 Å². The van der Waals surface area contributed by atoms with Crippen LogP contribution in [0.15, 0.2) is 30.3 Å². The summed E-state index contributed by atoms with van der Waals surface area (Å²) in [7, 11) is 0. The lowest BCUT2D eigenvalue weighted by atomic mass is 10.0. The molecule has 1 aromatic rings. The minimum atomic E-state index is -1.18. The van der Waals surface area contributed by atoms with Crippen LogP contribution in [0.4, 0.5) is 0 Å². The third kappa shape index (κ3) is 10.1. The Balaban J connectivity index is 0.000000697. The molecule has 7 N–H and O–H groups in total. The van der Waals surface area contributed by atoms with Crippen LogP contribution in [0.2, 0.25) is 0 Å². The summed E-state index contributed by atoms with van der Waals surface area (Å²) in [6.45, 7) is 0.927. The normalized spacial score (nSPS) is 13.7. The van der Waals surface area contributed by atoms with Crippen LogP contribution in [0.25, 0.3) is 0 Å². The molecule has 0 saturated heterocycles. The van der Waals surface area contributed by atoms with Gasteiger partial charge in [0.2, 0.25) is 0 Å². The number of nitrogens with two attached hydrogens (primary N) is 1. The molecule has 0 aliphatic rings. The van der Waals surface area contributed by atoms with Crippen molar-refractivity contribution < 1.29 is 34.8 Å². The fraction of sp³-hybridized carbons (Fsp3) is 0.438. The van der Waals surface area contributed by atoms with E-state index in [4.69, 9.17) is 26.2 Å². The van der Waals surface area contributed by atoms with E-state index in [0.29, 0.717) is 12.8 Å². The van der Waals surface area contributed by atoms with Crippen LogP contribution in [-0.2, 0) is 20.8 Å². The van der Waals surface area contributed by atoms with Crippen LogP contribution >= 0.6 is 0 Å². The number of carbonyl (C=O) groups is 3. The average Bonchev–Trinajstić information content (AvgIpc) is 2.58. The lowest BCUT2D eigenvalue weighted by Gasteiger charge is -2.17. The van der Waals surface area contributed by atoms with E-state index in [2.05, 4.69) is 5.32 Å². The van der Waals surface area contributed by atoms with Gasteiger partial charge in [-0.1, -0.05) is 30.3 Å². The van der Waals surface area contributed by atoms with Crippen molar-refractivity contribution in [3.8, 4) is 0 Å². The van der Waals surface area contributed by atoms with Crippen LogP contribution in [0.3, 0.4) is 0 Å². The van der Waals surface area contributed by atoms with Gasteiger partial charge in [0.25, 0.3) is 0 Å². The molecule has 0 aliphatic carbocycles. The van der Waals surface area contributed by atoms with E-state index < -0.39 is 42.6 Å². The van der Waals surface area contributed by atoms with E-state index in [1.807, 2.05) is 30.3 Å². The van der Waals surface area contributed by atoms with E-state index in [9.17, 15) is 14.4 Å². The molecule has 1 aromatic carbocycles. The molecule has 0 saturated carbocycles. The first-order valence-electron chi connectivity index (χ1n) is 7.53. The standard InChI is InChI=1S/C13H17NO4.C3H7NO3/c1-9(12(15)16)14-11(13(17)18)8-7-10-5-3-2-4-6-10;4-2(1-5)3(6)7/h2-6,9,11,14H,7-8H2,1H3,(H,15,16)(H,17,18);2,5H,1,4H2,(H,6,7)/t9-,11+;/m1./s1. The molecule has 25 heavy (non-hydrogen) atoms. The Bertz CT molecular complexity index is 551. The minimum absolute atomic E-state index is 0.358. The lowest BCUT2D eigenvalue weighted by Crippen LogP contribution is -2.45. The number of benzene rings is 1. The summed E-state index contributed by atoms with van der Waals surface area (Å²) in [4.78, 5) is 31.3. The van der Waals surface area contributed by atoms with Crippen molar-refractivity contribution in [2.45, 2.75) is 37.9 Å². The van der Waals surface area contributed by atoms with Gasteiger partial charge >= 0.3 is 17.9 Å². The van der Waals surface area contributed by atoms with E-state index >= 15 is 0 Å². The number of rotatable bonds is 9. The van der Waals surface area contributed by atoms with Gasteiger partial charge in [-0.15, -0.1) is 0 Å². The molecular weight excluding hydrogens is 332 g/mol. The number of aliphatic carboxylic acids is 3. The zero-order chi connectivity index (χ0) is 19.4. The van der Waals surface area contributed by atoms with Gasteiger partial charge in [0, 0.05) is 0 Å². The fourth-order valence-corrected chi connectivity index (χ4v) is 1.68. The number of carboxylic acids is 3. The third-order valence-electron chi connectivity index (χ3n) is 3.20. The third-order valence-corrected chi connectivity index (χ3v) is 3.20. The number of aliphatic hydroxyl groups is 1. The first-order chi connectivity index (χ1) is 11.7. The lowest BCUT2D eigenvalue weighted by molar-refractivity contribution is -0.142. The van der Waals surface area contributed by atoms with Gasteiger partial charge in [0.15, 0.2) is 0 Å². The zero-order valence-electron chi connectivity index (χ0n) is 13.8. The molecule has 0 bridgehead atoms. The molecule has 1 unspecified atom stereocenters. The van der Waals surface area contributed by atoms with Crippen molar-refractivity contribution in [3.05, 3.63) is 35.9 Å². The van der Waals surface area contributed by atoms with Gasteiger partial charge in [-0.25, -0.2) is 0 Å². The first-order valence-corrected chi connectivity index (χ1v) is 7.53. The van der Waals surface area contributed by atoms with Crippen molar-refractivity contribution in [1.29, 1.82) is 0 Å². The summed E-state index contributed by atoms with van der Waals surface area (Å²) in [6.07, 6.45) is 0.952. The van der Waals surface area contributed by atoms with Gasteiger partial charge in [-0.2, -0.15) is 0 Å². The monoisotopic (exact) mass is 356 g/mol. The maximum atomic E-state index is 11.0. The molecule has 1 rings (SSSR count). The molecule has 0 heterocycles. The van der Waals surface area contributed by atoms with E-state index in [-0.39, 0.29) is 0 Å². The number of aryl methyl sites for hydroxylation is 1. The Morgan fingerprint density at radius 2 is 1.60 bits per heavy atom. The summed E-state index contributed by atoms with van der Waals surface area (Å²) in [6, 6.07) is 6.65. The topological polar surface area (TPSA) is 170 Å². The van der Waals surface area contributed by atoms with Gasteiger partial charge < -0.3 is 26.2 Å². The Hall–Kier alpha value is -2.49. The fourth-order valence-electron chi connectivity index (χ4n) is 1.68. The predicted molar refractivity (Wildman–Crippen MR) is 89.1 cm³/mol. The summed E-state index contributed by atoms with van der Waals surface area (Å²) in [5, 5.41) is 36.3. The molecule has 0 amide bonds. The van der Waals surface area contributed by atoms with E-state index in [1.165, 1.54) is 6.92 Å². The van der Waals surface area contributed by atoms with Gasteiger partial charge in [-0.3, -0.25) is 19.7 Å². The molecule has 0 fully saturated rings. The Morgan fingerprint density at radius 3 is 1.96 bits per heavy atom. The van der Waals surface area contributed by atoms with Gasteiger partial charge in [0.05, 0.1) is 6.61 Å². The molecule has 0 radical (unpaired) electrons. The van der Waals surface area contributed by atoms with Crippen LogP contribution < -0.4 is 11.1 Å². The molecule has 0 aromatic heterocycles. The highest BCUT2D eigenvalue weighted by atomic mass is 16.4. The van der Waals surface area contributed by atoms with Crippen molar-refractivity contribution in [1.82, 2.24) is 5.32 Å². The minimum Gasteiger partial charge on any atom is -0.480 e. The molecule has 9 heteroatoms. The van der Waals surface area contributed by atoms with E-state index in [1.54, 1.807) is 0 Å². The highest BCUT2D eigenvalue weighted by Gasteiger charge is 2.22. The first kappa shape index (κ1) is 22.5. The predicted octanol–water partition coefficient (Wildman–Crippen LogP) is -0.474. The number of aliphatic hydroxyl groups excluding tert-OH is 1. The summed E-state index contributed by atoms with van der Waals surface area (Å²) < 4.78 is 0. The SMILES string of the molecule is C[C@@H](N[C@@H](CCc1ccccc1)C(=O)O)C(=O)O.NC(CO)C(=O)O. The summed E-state index contributed by atoms with van der Waals surface area (Å²) in [5.41, 5.74) is 5.80. The van der Waals surface area contributed by atoms with Crippen LogP contribution in [-0.4, -0.2) is 63.1 Å². The number of hydrogen-bond acceptors (Lipinski definition) is 6. The number of nitrogens with one attached hydrogen (secondary N) is 1. The Morgan fingerprint density at radius 1 is 1.04 bits per heavy atom. The van der Waals surface area contributed by atoms with E-state index in [0.717, 1.165) is 5.56 Å². The summed E-state index contributed by atoms with van der Waals surface area (Å²) >= 11 is 0. The summed E-state index contributed by atoms with van der Waals surface area (Å²) in [5.74, 6) is -3.26. The average molecular weight is 356 g/mol. The van der Waals surface area contributed by atoms with Crippen molar-refractivity contribution in [3.63, 3.8) is 0 Å². The second-order valence-corrected chi connectivity index (χ2v) is 5.27. The molecule has 9 nitrogen and oxygen atoms in total. The van der Waals surface area contributed by atoms with Crippen molar-refractivity contribution in [2.75, 3.05) is 6.61 Å². The van der Waals surface area contributed by atoms with Gasteiger partial charge in [-0.05, 0) is 25.3 Å². The van der Waals surface area contributed by atoms with Crippen LogP contribution in [0.5, 0.6) is 0 Å². The smallest absolute Gasteiger partial charge is 0.322 e.